The van der Waals surface area contributed by atoms with Crippen molar-refractivity contribution in [2.75, 3.05) is 7.11 Å². The van der Waals surface area contributed by atoms with E-state index in [1.807, 2.05) is 13.0 Å². The number of rotatable bonds is 31. The lowest BCUT2D eigenvalue weighted by Crippen LogP contribution is -2.48. The molecule has 13 heteroatoms. The molecule has 1 saturated heterocycles. The molecule has 0 aromatic rings. The van der Waals surface area contributed by atoms with Gasteiger partial charge in [0.1, 0.15) is 29.7 Å². The molecule has 412 valence electrons. The first kappa shape index (κ1) is 65.2. The molecular formula is C59H97BrO12. The third-order valence-electron chi connectivity index (χ3n) is 14.8. The van der Waals surface area contributed by atoms with Gasteiger partial charge in [-0.25, -0.2) is 4.79 Å². The van der Waals surface area contributed by atoms with Gasteiger partial charge < -0.3 is 49.6 Å². The number of aliphatic hydroxyl groups is 6. The fraction of sp³-hybridized carbons (Fsp3) is 0.729. The number of hydrogen-bond donors (Lipinski definition) is 6. The van der Waals surface area contributed by atoms with Crippen LogP contribution in [0.15, 0.2) is 82.1 Å². The molecule has 0 spiro atoms. The van der Waals surface area contributed by atoms with Crippen molar-refractivity contribution in [2.24, 2.45) is 11.3 Å². The van der Waals surface area contributed by atoms with E-state index in [0.717, 1.165) is 30.4 Å². The second kappa shape index (κ2) is 33.9. The van der Waals surface area contributed by atoms with Crippen molar-refractivity contribution in [1.82, 2.24) is 0 Å². The van der Waals surface area contributed by atoms with E-state index in [2.05, 4.69) is 36.0 Å². The molecule has 0 aliphatic carbocycles. The van der Waals surface area contributed by atoms with Gasteiger partial charge in [0.15, 0.2) is 0 Å². The predicted octanol–water partition coefficient (Wildman–Crippen LogP) is 11.8. The fourth-order valence-electron chi connectivity index (χ4n) is 9.66. The number of methoxy groups -OCH3 is 1. The van der Waals surface area contributed by atoms with Crippen molar-refractivity contribution in [3.63, 3.8) is 0 Å². The Bertz CT molecular complexity index is 1820. The molecule has 11 atom stereocenters. The van der Waals surface area contributed by atoms with Gasteiger partial charge in [0, 0.05) is 54.5 Å². The Labute approximate surface area is 442 Å². The summed E-state index contributed by atoms with van der Waals surface area (Å²) in [5.41, 5.74) is 1.08. The summed E-state index contributed by atoms with van der Waals surface area (Å²) in [6.07, 6.45) is 17.6. The van der Waals surface area contributed by atoms with Gasteiger partial charge in [-0.15, -0.1) is 0 Å². The molecule has 1 fully saturated rings. The van der Waals surface area contributed by atoms with Crippen molar-refractivity contribution in [3.8, 4) is 0 Å². The lowest BCUT2D eigenvalue weighted by atomic mass is 9.75. The first-order chi connectivity index (χ1) is 34.0. The number of unbranched alkanes of at least 4 members (excludes halogenated alkanes) is 12. The van der Waals surface area contributed by atoms with Gasteiger partial charge in [0.25, 0.3) is 0 Å². The molecule has 2 bridgehead atoms. The highest BCUT2D eigenvalue weighted by atomic mass is 79.9. The van der Waals surface area contributed by atoms with Crippen LogP contribution in [0.2, 0.25) is 0 Å². The summed E-state index contributed by atoms with van der Waals surface area (Å²) in [5.74, 6) is -1.21. The lowest BCUT2D eigenvalue weighted by molar-refractivity contribution is -0.163. The molecule has 6 N–H and O–H groups in total. The van der Waals surface area contributed by atoms with Gasteiger partial charge in [-0.1, -0.05) is 175 Å². The number of fused-ring (bicyclic) bond motifs is 2. The third kappa shape index (κ3) is 23.8. The van der Waals surface area contributed by atoms with Crippen molar-refractivity contribution in [1.29, 1.82) is 0 Å². The van der Waals surface area contributed by atoms with E-state index in [1.54, 1.807) is 64.8 Å². The number of halogens is 1. The third-order valence-corrected chi connectivity index (χ3v) is 15.2. The average molecular weight is 1080 g/mol. The second-order valence-electron chi connectivity index (χ2n) is 21.9. The molecule has 2 rings (SSSR count). The minimum absolute atomic E-state index is 0.0174. The van der Waals surface area contributed by atoms with Gasteiger partial charge in [-0.3, -0.25) is 4.79 Å². The number of carbonyl (C=O) groups excluding carboxylic acids is 2. The van der Waals surface area contributed by atoms with Crippen molar-refractivity contribution < 1.29 is 59.2 Å². The second-order valence-corrected chi connectivity index (χ2v) is 22.4. The number of ether oxygens (including phenoxy) is 4. The van der Waals surface area contributed by atoms with Gasteiger partial charge in [-0.2, -0.15) is 0 Å². The van der Waals surface area contributed by atoms with Gasteiger partial charge in [0.05, 0.1) is 43.7 Å². The predicted molar refractivity (Wildman–Crippen MR) is 292 cm³/mol. The maximum atomic E-state index is 13.1. The molecule has 0 unspecified atom stereocenters. The van der Waals surface area contributed by atoms with Crippen LogP contribution in [0.25, 0.3) is 0 Å². The number of aliphatic hydroxyl groups excluding tert-OH is 6. The Morgan fingerprint density at radius 3 is 2.08 bits per heavy atom. The molecule has 0 radical (unpaired) electrons. The van der Waals surface area contributed by atoms with E-state index in [1.165, 1.54) is 71.0 Å². The highest BCUT2D eigenvalue weighted by Crippen LogP contribution is 2.40. The molecule has 0 amide bonds. The topological polar surface area (TPSA) is 192 Å². The number of allylic oxidation sites excluding steroid dienone is 4. The molecule has 12 nitrogen and oxygen atoms in total. The summed E-state index contributed by atoms with van der Waals surface area (Å²) < 4.78 is 23.8. The minimum Gasteiger partial charge on any atom is -0.496 e. The minimum atomic E-state index is -1.34. The zero-order valence-corrected chi connectivity index (χ0v) is 47.3. The summed E-state index contributed by atoms with van der Waals surface area (Å²) in [5, 5.41) is 68.3. The van der Waals surface area contributed by atoms with Gasteiger partial charge in [-0.05, 0) is 70.9 Å². The molecular weight excluding hydrogens is 981 g/mol. The highest BCUT2D eigenvalue weighted by molar-refractivity contribution is 9.11. The Kier molecular flexibility index (Phi) is 30.7. The average Bonchev–Trinajstić information content (AvgIpc) is 3.61. The van der Waals surface area contributed by atoms with E-state index in [4.69, 9.17) is 18.9 Å². The smallest absolute Gasteiger partial charge is 0.331 e. The number of esters is 2. The van der Waals surface area contributed by atoms with E-state index >= 15 is 0 Å². The van der Waals surface area contributed by atoms with Crippen molar-refractivity contribution in [2.45, 2.75) is 257 Å². The fourth-order valence-corrected chi connectivity index (χ4v) is 10.2. The maximum Gasteiger partial charge on any atom is 0.331 e. The Balaban J connectivity index is 2.06. The van der Waals surface area contributed by atoms with Crippen LogP contribution >= 0.6 is 15.9 Å². The SMILES string of the molecule is C=C1/C=C(\C)C[C@H]2C[C@@H](OC(=O)/C=C(C)/C=C/C[C@@H](O)C1)[C@@](C)([C@@H](O)/C=C(\C)C[C@@H](O)C(C)(C)[C@@H](O)C[C@@H](O)[C@H](C)[C@@H](O)C[C@H](CC(=C)/C(=C\Br)OC)OC(=O)CCCCCCCCCCCCCCC)O2. The number of hydrogen-bond acceptors (Lipinski definition) is 12. The zero-order valence-electron chi connectivity index (χ0n) is 45.7. The van der Waals surface area contributed by atoms with Crippen molar-refractivity contribution in [3.05, 3.63) is 82.1 Å². The normalized spacial score (nSPS) is 25.7. The van der Waals surface area contributed by atoms with Crippen LogP contribution in [0.3, 0.4) is 0 Å². The molecule has 2 aliphatic rings. The summed E-state index contributed by atoms with van der Waals surface area (Å²) in [7, 11) is 1.51. The lowest BCUT2D eigenvalue weighted by Gasteiger charge is -2.38. The maximum absolute atomic E-state index is 13.1. The van der Waals surface area contributed by atoms with E-state index in [-0.39, 0.29) is 38.1 Å². The van der Waals surface area contributed by atoms with Crippen LogP contribution in [-0.4, -0.2) is 110 Å². The highest BCUT2D eigenvalue weighted by Gasteiger charge is 2.51. The van der Waals surface area contributed by atoms with Crippen LogP contribution in [0.5, 0.6) is 0 Å². The Hall–Kier alpha value is -2.88. The van der Waals surface area contributed by atoms with E-state index < -0.39 is 77.8 Å². The van der Waals surface area contributed by atoms with E-state index in [9.17, 15) is 40.2 Å². The summed E-state index contributed by atoms with van der Waals surface area (Å²) in [6.45, 7) is 22.7. The molecule has 72 heavy (non-hydrogen) atoms. The largest absolute Gasteiger partial charge is 0.496 e. The zero-order chi connectivity index (χ0) is 54.0. The van der Waals surface area contributed by atoms with Crippen LogP contribution in [0.1, 0.15) is 197 Å². The van der Waals surface area contributed by atoms with Crippen LogP contribution < -0.4 is 0 Å². The molecule has 0 aromatic carbocycles. The first-order valence-corrected chi connectivity index (χ1v) is 27.9. The molecule has 0 saturated carbocycles. The number of carbonyl (C=O) groups is 2. The van der Waals surface area contributed by atoms with Crippen molar-refractivity contribution >= 4 is 27.9 Å². The van der Waals surface area contributed by atoms with Gasteiger partial charge in [0.2, 0.25) is 0 Å². The monoisotopic (exact) mass is 1080 g/mol. The van der Waals surface area contributed by atoms with Gasteiger partial charge >= 0.3 is 11.9 Å². The summed E-state index contributed by atoms with van der Waals surface area (Å²) in [6, 6.07) is 0. The van der Waals surface area contributed by atoms with Crippen LogP contribution in [-0.2, 0) is 28.5 Å². The van der Waals surface area contributed by atoms with Crippen LogP contribution in [0.4, 0.5) is 0 Å². The quantitative estimate of drug-likeness (QED) is 0.0127. The molecule has 2 aliphatic heterocycles. The standard InChI is InChI=1S/C59H97BrO12/c1-12-13-14-15-16-17-18-19-20-21-22-23-24-28-56(67)70-47(35-44(6)51(39-60)69-11)36-49(62)45(7)50(63)38-53(65)58(8,9)52(64)32-43(5)33-54(66)59(10)55-37-48(72-59)31-42(4)29-41(3)30-46(61)27-25-26-40(2)34-57(68)71-55/h25-26,29,33-34,39,45-50,52-55,61-66H,3,6,12-24,27-28,30-32,35-38H2,1-2,4-5,7-11H3/b26-25+,40-34+,42-29+,43-33+,51-39+/t45-,46-,47+,48+,49+,50-,52-,53+,54+,55-,59-/m1/s1. The molecule has 0 aromatic heterocycles. The van der Waals surface area contributed by atoms with Crippen LogP contribution in [0, 0.1) is 11.3 Å². The van der Waals surface area contributed by atoms with E-state index in [0.29, 0.717) is 54.6 Å². The summed E-state index contributed by atoms with van der Waals surface area (Å²) in [4.78, 5) is 27.9. The summed E-state index contributed by atoms with van der Waals surface area (Å²) >= 11 is 3.29. The Morgan fingerprint density at radius 2 is 1.50 bits per heavy atom. The Morgan fingerprint density at radius 1 is 0.917 bits per heavy atom. The first-order valence-electron chi connectivity index (χ1n) is 27.0. The molecule has 2 heterocycles.